The predicted octanol–water partition coefficient (Wildman–Crippen LogP) is 3.11. The Balaban J connectivity index is 2.75. The highest BCUT2D eigenvalue weighted by molar-refractivity contribution is 9.09. The Morgan fingerprint density at radius 2 is 2.54 bits per heavy atom. The number of alkyl halides is 1. The van der Waals surface area contributed by atoms with E-state index in [4.69, 9.17) is 0 Å². The van der Waals surface area contributed by atoms with Gasteiger partial charge in [-0.3, -0.25) is 4.79 Å². The van der Waals surface area contributed by atoms with E-state index in [1.54, 1.807) is 0 Å². The number of carbonyl (C=O) groups excluding carboxylic acids is 1. The zero-order valence-electron chi connectivity index (χ0n) is 7.92. The first kappa shape index (κ1) is 10.7. The topological polar surface area (TPSA) is 17.1 Å². The minimum Gasteiger partial charge on any atom is -0.298 e. The fourth-order valence-corrected chi connectivity index (χ4v) is 2.21. The Bertz CT molecular complexity index is 242. The van der Waals surface area contributed by atoms with Crippen molar-refractivity contribution in [1.29, 1.82) is 0 Å². The third-order valence-corrected chi connectivity index (χ3v) is 3.20. The van der Waals surface area contributed by atoms with Crippen molar-refractivity contribution in [3.05, 3.63) is 24.3 Å². The van der Waals surface area contributed by atoms with Crippen molar-refractivity contribution in [1.82, 2.24) is 0 Å². The molecule has 0 aromatic carbocycles. The molecular weight excluding hydrogens is 228 g/mol. The molecule has 1 nitrogen and oxygen atoms in total. The van der Waals surface area contributed by atoms with Gasteiger partial charge in [0.2, 0.25) is 0 Å². The van der Waals surface area contributed by atoms with Gasteiger partial charge in [-0.1, -0.05) is 33.7 Å². The number of rotatable bonds is 3. The zero-order chi connectivity index (χ0) is 9.84. The second-order valence-electron chi connectivity index (χ2n) is 3.60. The van der Waals surface area contributed by atoms with Crippen LogP contribution in [0.3, 0.4) is 0 Å². The van der Waals surface area contributed by atoms with Crippen molar-refractivity contribution in [2.45, 2.75) is 19.8 Å². The first-order valence-corrected chi connectivity index (χ1v) is 5.68. The molecule has 0 saturated heterocycles. The molecule has 0 amide bonds. The van der Waals surface area contributed by atoms with Crippen molar-refractivity contribution in [3.63, 3.8) is 0 Å². The summed E-state index contributed by atoms with van der Waals surface area (Å²) >= 11 is 3.22. The van der Waals surface area contributed by atoms with Crippen LogP contribution >= 0.6 is 15.9 Å². The third-order valence-electron chi connectivity index (χ3n) is 2.65. The summed E-state index contributed by atoms with van der Waals surface area (Å²) in [6.07, 6.45) is 6.00. The van der Waals surface area contributed by atoms with Gasteiger partial charge in [0.1, 0.15) is 5.78 Å². The second kappa shape index (κ2) is 4.75. The monoisotopic (exact) mass is 242 g/mol. The molecule has 0 N–H and O–H groups in total. The lowest BCUT2D eigenvalue weighted by Crippen LogP contribution is -2.26. The van der Waals surface area contributed by atoms with Gasteiger partial charge in [0, 0.05) is 5.92 Å². The van der Waals surface area contributed by atoms with Gasteiger partial charge in [-0.05, 0) is 25.7 Å². The standard InChI is InChI=1S/C11H15BrO/c1-3-9-5-4-8(2)6-10(9)11(13)7-12/h3-4,9-10H,1,5-7H2,2H3/t9-,10-/m0/s1. The molecule has 1 rings (SSSR count). The molecule has 13 heavy (non-hydrogen) atoms. The second-order valence-corrected chi connectivity index (χ2v) is 4.16. The lowest BCUT2D eigenvalue weighted by atomic mass is 9.78. The minimum atomic E-state index is 0.155. The van der Waals surface area contributed by atoms with E-state index in [1.807, 2.05) is 6.08 Å². The summed E-state index contributed by atoms with van der Waals surface area (Å²) in [5.74, 6) is 0.799. The molecule has 0 aromatic rings. The quantitative estimate of drug-likeness (QED) is 0.549. The summed E-state index contributed by atoms with van der Waals surface area (Å²) in [4.78, 5) is 11.6. The molecule has 0 unspecified atom stereocenters. The number of ketones is 1. The molecule has 1 aliphatic carbocycles. The van der Waals surface area contributed by atoms with Crippen molar-refractivity contribution >= 4 is 21.7 Å². The molecule has 0 spiro atoms. The van der Waals surface area contributed by atoms with Crippen LogP contribution in [0.1, 0.15) is 19.8 Å². The van der Waals surface area contributed by atoms with E-state index in [-0.39, 0.29) is 5.92 Å². The van der Waals surface area contributed by atoms with Crippen LogP contribution in [0.2, 0.25) is 0 Å². The van der Waals surface area contributed by atoms with Crippen LogP contribution in [-0.4, -0.2) is 11.1 Å². The van der Waals surface area contributed by atoms with E-state index in [0.717, 1.165) is 12.8 Å². The smallest absolute Gasteiger partial charge is 0.147 e. The SMILES string of the molecule is C=C[C@H]1CC=C(C)C[C@@H]1C(=O)CBr. The highest BCUT2D eigenvalue weighted by Crippen LogP contribution is 2.31. The lowest BCUT2D eigenvalue weighted by Gasteiger charge is -2.26. The predicted molar refractivity (Wildman–Crippen MR) is 59.0 cm³/mol. The van der Waals surface area contributed by atoms with Gasteiger partial charge < -0.3 is 0 Å². The lowest BCUT2D eigenvalue weighted by molar-refractivity contribution is -0.121. The molecule has 1 aliphatic rings. The number of hydrogen-bond donors (Lipinski definition) is 0. The molecule has 2 atom stereocenters. The van der Waals surface area contributed by atoms with E-state index in [9.17, 15) is 4.79 Å². The molecule has 0 radical (unpaired) electrons. The van der Waals surface area contributed by atoms with Crippen LogP contribution in [0, 0.1) is 11.8 Å². The summed E-state index contributed by atoms with van der Waals surface area (Å²) in [6.45, 7) is 5.87. The van der Waals surface area contributed by atoms with Crippen LogP contribution in [0.15, 0.2) is 24.3 Å². The van der Waals surface area contributed by atoms with Crippen molar-refractivity contribution in [3.8, 4) is 0 Å². The molecular formula is C11H15BrO. The summed E-state index contributed by atoms with van der Waals surface area (Å²) in [5, 5.41) is 0.468. The molecule has 0 heterocycles. The molecule has 0 aromatic heterocycles. The Morgan fingerprint density at radius 3 is 3.08 bits per heavy atom. The number of hydrogen-bond acceptors (Lipinski definition) is 1. The maximum Gasteiger partial charge on any atom is 0.147 e. The summed E-state index contributed by atoms with van der Waals surface area (Å²) < 4.78 is 0. The summed E-state index contributed by atoms with van der Waals surface area (Å²) in [5.41, 5.74) is 1.33. The third kappa shape index (κ3) is 2.53. The number of halogens is 1. The maximum absolute atomic E-state index is 11.6. The van der Waals surface area contributed by atoms with Crippen LogP contribution < -0.4 is 0 Å². The Morgan fingerprint density at radius 1 is 1.85 bits per heavy atom. The van der Waals surface area contributed by atoms with Gasteiger partial charge in [-0.25, -0.2) is 0 Å². The minimum absolute atomic E-state index is 0.155. The fraction of sp³-hybridized carbons (Fsp3) is 0.545. The molecule has 0 saturated carbocycles. The van der Waals surface area contributed by atoms with Crippen LogP contribution in [0.25, 0.3) is 0 Å². The van der Waals surface area contributed by atoms with E-state index < -0.39 is 0 Å². The molecule has 0 fully saturated rings. The van der Waals surface area contributed by atoms with Gasteiger partial charge in [0.15, 0.2) is 0 Å². The van der Waals surface area contributed by atoms with E-state index >= 15 is 0 Å². The highest BCUT2D eigenvalue weighted by Gasteiger charge is 2.27. The first-order valence-electron chi connectivity index (χ1n) is 4.56. The average molecular weight is 243 g/mol. The van der Waals surface area contributed by atoms with E-state index in [2.05, 4.69) is 35.5 Å². The fourth-order valence-electron chi connectivity index (χ4n) is 1.80. The Kier molecular flexibility index (Phi) is 3.91. The van der Waals surface area contributed by atoms with Crippen LogP contribution in [0.4, 0.5) is 0 Å². The van der Waals surface area contributed by atoms with Crippen LogP contribution in [-0.2, 0) is 4.79 Å². The maximum atomic E-state index is 11.6. The van der Waals surface area contributed by atoms with Gasteiger partial charge in [-0.2, -0.15) is 0 Å². The van der Waals surface area contributed by atoms with Gasteiger partial charge >= 0.3 is 0 Å². The first-order chi connectivity index (χ1) is 6.19. The number of allylic oxidation sites excluding steroid dienone is 3. The summed E-state index contributed by atoms with van der Waals surface area (Å²) in [7, 11) is 0. The zero-order valence-corrected chi connectivity index (χ0v) is 9.51. The van der Waals surface area contributed by atoms with E-state index in [0.29, 0.717) is 17.0 Å². The summed E-state index contributed by atoms with van der Waals surface area (Å²) in [6, 6.07) is 0. The normalized spacial score (nSPS) is 28.0. The van der Waals surface area contributed by atoms with Gasteiger partial charge in [-0.15, -0.1) is 6.58 Å². The van der Waals surface area contributed by atoms with E-state index in [1.165, 1.54) is 5.57 Å². The van der Waals surface area contributed by atoms with Gasteiger partial charge in [0.05, 0.1) is 5.33 Å². The molecule has 72 valence electrons. The molecule has 0 aliphatic heterocycles. The number of carbonyl (C=O) groups is 1. The molecule has 2 heteroatoms. The van der Waals surface area contributed by atoms with Gasteiger partial charge in [0.25, 0.3) is 0 Å². The largest absolute Gasteiger partial charge is 0.298 e. The Labute approximate surface area is 88.0 Å². The average Bonchev–Trinajstić information content (AvgIpc) is 2.16. The Hall–Kier alpha value is -0.370. The van der Waals surface area contributed by atoms with Crippen LogP contribution in [0.5, 0.6) is 0 Å². The van der Waals surface area contributed by atoms with Crippen molar-refractivity contribution < 1.29 is 4.79 Å². The molecule has 0 bridgehead atoms. The number of Topliss-reactive ketones (excluding diaryl/α,β-unsaturated/α-hetero) is 1. The van der Waals surface area contributed by atoms with Crippen molar-refractivity contribution in [2.24, 2.45) is 11.8 Å². The van der Waals surface area contributed by atoms with Crippen molar-refractivity contribution in [2.75, 3.05) is 5.33 Å². The highest BCUT2D eigenvalue weighted by atomic mass is 79.9.